The van der Waals surface area contributed by atoms with Gasteiger partial charge in [0.2, 0.25) is 0 Å². The van der Waals surface area contributed by atoms with Crippen LogP contribution in [0.25, 0.3) is 11.0 Å². The highest BCUT2D eigenvalue weighted by Crippen LogP contribution is 2.38. The van der Waals surface area contributed by atoms with E-state index in [2.05, 4.69) is 35.0 Å². The van der Waals surface area contributed by atoms with Gasteiger partial charge in [-0.2, -0.15) is 0 Å². The monoisotopic (exact) mass is 309 g/mol. The lowest BCUT2D eigenvalue weighted by Crippen LogP contribution is -2.22. The Bertz CT molecular complexity index is 845. The average Bonchev–Trinajstić information content (AvgIpc) is 3.13. The van der Waals surface area contributed by atoms with Crippen LogP contribution in [0.15, 0.2) is 41.0 Å². The van der Waals surface area contributed by atoms with E-state index in [-0.39, 0.29) is 5.91 Å². The Balaban J connectivity index is 1.56. The number of carbonyl (C=O) groups excluding carboxylic acids is 1. The van der Waals surface area contributed by atoms with E-state index in [1.807, 2.05) is 0 Å². The topological polar surface area (TPSA) is 60.1 Å². The van der Waals surface area contributed by atoms with Gasteiger partial charge < -0.3 is 14.3 Å². The van der Waals surface area contributed by atoms with Crippen molar-refractivity contribution in [2.45, 2.75) is 38.8 Å². The summed E-state index contributed by atoms with van der Waals surface area (Å²) in [5, 5.41) is 2.87. The van der Waals surface area contributed by atoms with Gasteiger partial charge in [0.15, 0.2) is 5.76 Å². The number of hydrogen-bond donors (Lipinski definition) is 1. The van der Waals surface area contributed by atoms with Gasteiger partial charge in [0.05, 0.1) is 17.3 Å². The number of nitrogens with one attached hydrogen (secondary N) is 1. The highest BCUT2D eigenvalue weighted by molar-refractivity contribution is 5.91. The Morgan fingerprint density at radius 3 is 2.96 bits per heavy atom. The van der Waals surface area contributed by atoms with Crippen molar-refractivity contribution in [3.8, 4) is 0 Å². The zero-order chi connectivity index (χ0) is 15.8. The molecule has 1 N–H and O–H groups in total. The van der Waals surface area contributed by atoms with E-state index >= 15 is 0 Å². The molecule has 0 saturated heterocycles. The third kappa shape index (κ3) is 2.63. The van der Waals surface area contributed by atoms with Crippen molar-refractivity contribution < 1.29 is 9.21 Å². The van der Waals surface area contributed by atoms with Crippen LogP contribution in [0, 0.1) is 0 Å². The van der Waals surface area contributed by atoms with Crippen LogP contribution in [-0.4, -0.2) is 15.5 Å². The molecule has 5 heteroatoms. The number of aryl methyl sites for hydroxylation is 1. The third-order valence-electron chi connectivity index (χ3n) is 4.25. The number of benzene rings is 1. The predicted molar refractivity (Wildman–Crippen MR) is 87.3 cm³/mol. The summed E-state index contributed by atoms with van der Waals surface area (Å²) in [5.74, 6) is 1.28. The lowest BCUT2D eigenvalue weighted by molar-refractivity contribution is 0.0923. The van der Waals surface area contributed by atoms with Gasteiger partial charge in [-0.15, -0.1) is 0 Å². The molecule has 1 aliphatic carbocycles. The quantitative estimate of drug-likeness (QED) is 0.785. The van der Waals surface area contributed by atoms with Crippen molar-refractivity contribution >= 4 is 16.9 Å². The first-order valence-electron chi connectivity index (χ1n) is 8.07. The smallest absolute Gasteiger partial charge is 0.287 e. The Kier molecular flexibility index (Phi) is 3.41. The number of rotatable bonds is 5. The van der Waals surface area contributed by atoms with Crippen molar-refractivity contribution in [3.05, 3.63) is 53.7 Å². The van der Waals surface area contributed by atoms with Gasteiger partial charge in [0.25, 0.3) is 5.91 Å². The Morgan fingerprint density at radius 1 is 1.39 bits per heavy atom. The number of furan rings is 1. The predicted octanol–water partition coefficient (Wildman–Crippen LogP) is 3.46. The van der Waals surface area contributed by atoms with Crippen LogP contribution in [0.5, 0.6) is 0 Å². The number of hydrogen-bond acceptors (Lipinski definition) is 3. The highest BCUT2D eigenvalue weighted by Gasteiger charge is 2.27. The zero-order valence-corrected chi connectivity index (χ0v) is 13.1. The van der Waals surface area contributed by atoms with E-state index in [4.69, 9.17) is 9.40 Å². The summed E-state index contributed by atoms with van der Waals surface area (Å²) in [6, 6.07) is 10.2. The fourth-order valence-corrected chi connectivity index (χ4v) is 2.97. The molecule has 2 aromatic heterocycles. The summed E-state index contributed by atoms with van der Waals surface area (Å²) >= 11 is 0. The van der Waals surface area contributed by atoms with Crippen LogP contribution < -0.4 is 5.32 Å². The minimum absolute atomic E-state index is 0.201. The third-order valence-corrected chi connectivity index (χ3v) is 4.25. The standard InChI is InChI=1S/C18H19N3O2/c1-2-17-20-14-10-12(5-8-15(14)21(17)13-6-7-13)11-19-18(22)16-4-3-9-23-16/h3-5,8-10,13H,2,6-7,11H2,1H3,(H,19,22). The Hall–Kier alpha value is -2.56. The molecule has 1 aliphatic rings. The summed E-state index contributed by atoms with van der Waals surface area (Å²) in [6.45, 7) is 2.61. The van der Waals surface area contributed by atoms with Gasteiger partial charge in [0.1, 0.15) is 5.82 Å². The van der Waals surface area contributed by atoms with E-state index in [1.54, 1.807) is 12.1 Å². The van der Waals surface area contributed by atoms with Crippen LogP contribution in [0.4, 0.5) is 0 Å². The maximum Gasteiger partial charge on any atom is 0.287 e. The Morgan fingerprint density at radius 2 is 2.26 bits per heavy atom. The maximum absolute atomic E-state index is 11.9. The van der Waals surface area contributed by atoms with Crippen LogP contribution >= 0.6 is 0 Å². The molecule has 0 atom stereocenters. The van der Waals surface area contributed by atoms with Crippen molar-refractivity contribution in [2.24, 2.45) is 0 Å². The minimum atomic E-state index is -0.201. The SMILES string of the molecule is CCc1nc2cc(CNC(=O)c3ccco3)ccc2n1C1CC1. The molecule has 0 aliphatic heterocycles. The minimum Gasteiger partial charge on any atom is -0.459 e. The van der Waals surface area contributed by atoms with Crippen LogP contribution in [0.1, 0.15) is 47.7 Å². The fourth-order valence-electron chi connectivity index (χ4n) is 2.97. The van der Waals surface area contributed by atoms with Crippen molar-refractivity contribution in [3.63, 3.8) is 0 Å². The molecule has 118 valence electrons. The average molecular weight is 309 g/mol. The van der Waals surface area contributed by atoms with Crippen LogP contribution in [0.2, 0.25) is 0 Å². The second kappa shape index (κ2) is 5.57. The lowest BCUT2D eigenvalue weighted by Gasteiger charge is -2.06. The second-order valence-electron chi connectivity index (χ2n) is 5.97. The molecule has 4 rings (SSSR count). The first kappa shape index (κ1) is 14.1. The first-order chi connectivity index (χ1) is 11.3. The maximum atomic E-state index is 11.9. The van der Waals surface area contributed by atoms with Crippen LogP contribution in [0.3, 0.4) is 0 Å². The number of nitrogens with zero attached hydrogens (tertiary/aromatic N) is 2. The lowest BCUT2D eigenvalue weighted by atomic mass is 10.2. The molecule has 3 aromatic rings. The van der Waals surface area contributed by atoms with E-state index in [0.717, 1.165) is 23.3 Å². The molecule has 1 fully saturated rings. The fraction of sp³-hybridized carbons (Fsp3) is 0.333. The molecular formula is C18H19N3O2. The van der Waals surface area contributed by atoms with Gasteiger partial charge in [-0.05, 0) is 42.7 Å². The van der Waals surface area contributed by atoms with Crippen LogP contribution in [-0.2, 0) is 13.0 Å². The van der Waals surface area contributed by atoms with Crippen molar-refractivity contribution in [1.29, 1.82) is 0 Å². The summed E-state index contributed by atoms with van der Waals surface area (Å²) < 4.78 is 7.47. The molecule has 0 bridgehead atoms. The number of imidazole rings is 1. The zero-order valence-electron chi connectivity index (χ0n) is 13.1. The second-order valence-corrected chi connectivity index (χ2v) is 5.97. The highest BCUT2D eigenvalue weighted by atomic mass is 16.3. The van der Waals surface area contributed by atoms with E-state index < -0.39 is 0 Å². The summed E-state index contributed by atoms with van der Waals surface area (Å²) in [4.78, 5) is 16.7. The summed E-state index contributed by atoms with van der Waals surface area (Å²) in [7, 11) is 0. The number of fused-ring (bicyclic) bond motifs is 1. The molecule has 23 heavy (non-hydrogen) atoms. The molecule has 0 unspecified atom stereocenters. The normalized spacial score (nSPS) is 14.3. The Labute approximate surface area is 134 Å². The van der Waals surface area contributed by atoms with E-state index in [9.17, 15) is 4.79 Å². The van der Waals surface area contributed by atoms with Crippen molar-refractivity contribution in [1.82, 2.24) is 14.9 Å². The summed E-state index contributed by atoms with van der Waals surface area (Å²) in [6.07, 6.45) is 4.94. The molecule has 1 amide bonds. The van der Waals surface area contributed by atoms with Gasteiger partial charge in [-0.1, -0.05) is 13.0 Å². The van der Waals surface area contributed by atoms with E-state index in [0.29, 0.717) is 18.3 Å². The molecule has 1 saturated carbocycles. The van der Waals surface area contributed by atoms with Gasteiger partial charge in [-0.3, -0.25) is 4.79 Å². The number of aromatic nitrogens is 2. The molecule has 5 nitrogen and oxygen atoms in total. The molecular weight excluding hydrogens is 290 g/mol. The van der Waals surface area contributed by atoms with E-state index in [1.165, 1.54) is 24.6 Å². The van der Waals surface area contributed by atoms with Gasteiger partial charge in [0, 0.05) is 19.0 Å². The first-order valence-corrected chi connectivity index (χ1v) is 8.07. The largest absolute Gasteiger partial charge is 0.459 e. The molecule has 0 spiro atoms. The number of amides is 1. The molecule has 2 heterocycles. The van der Waals surface area contributed by atoms with Gasteiger partial charge in [-0.25, -0.2) is 4.98 Å². The van der Waals surface area contributed by atoms with Gasteiger partial charge >= 0.3 is 0 Å². The number of carbonyl (C=O) groups is 1. The summed E-state index contributed by atoms with van der Waals surface area (Å²) in [5.41, 5.74) is 3.25. The molecule has 0 radical (unpaired) electrons. The van der Waals surface area contributed by atoms with Crippen molar-refractivity contribution in [2.75, 3.05) is 0 Å². The molecule has 1 aromatic carbocycles.